The van der Waals surface area contributed by atoms with Crippen molar-refractivity contribution in [2.75, 3.05) is 0 Å². The van der Waals surface area contributed by atoms with E-state index in [0.717, 1.165) is 28.5 Å². The van der Waals surface area contributed by atoms with Crippen molar-refractivity contribution in [1.29, 1.82) is 0 Å². The molecule has 5 nitrogen and oxygen atoms in total. The van der Waals surface area contributed by atoms with Crippen molar-refractivity contribution in [3.05, 3.63) is 48.2 Å². The molecule has 3 rings (SSSR count). The van der Waals surface area contributed by atoms with E-state index in [0.29, 0.717) is 5.76 Å². The Kier molecular flexibility index (Phi) is 2.87. The molecule has 0 spiro atoms. The van der Waals surface area contributed by atoms with Gasteiger partial charge in [-0.1, -0.05) is 6.07 Å². The van der Waals surface area contributed by atoms with Gasteiger partial charge in [0.1, 0.15) is 0 Å². The second-order valence-electron chi connectivity index (χ2n) is 4.39. The number of hydrogen-bond donors (Lipinski definition) is 1. The summed E-state index contributed by atoms with van der Waals surface area (Å²) >= 11 is 0. The zero-order valence-electron chi connectivity index (χ0n) is 10.8. The first-order valence-electron chi connectivity index (χ1n) is 6.06. The molecule has 3 aromatic rings. The fraction of sp³-hybridized carbons (Fsp3) is 0.0667. The van der Waals surface area contributed by atoms with Gasteiger partial charge in [0.25, 0.3) is 0 Å². The van der Waals surface area contributed by atoms with Crippen LogP contribution in [-0.2, 0) is 11.8 Å². The number of carboxylic acid groups (broad SMARTS) is 1. The monoisotopic (exact) mass is 268 g/mol. The Hall–Kier alpha value is -2.82. The molecule has 2 aromatic heterocycles. The number of nitrogens with zero attached hydrogens (tertiary/aromatic N) is 2. The number of aliphatic carboxylic acids is 1. The summed E-state index contributed by atoms with van der Waals surface area (Å²) in [5.74, 6) is 0.474. The van der Waals surface area contributed by atoms with Crippen molar-refractivity contribution in [2.24, 2.45) is 7.05 Å². The molecular weight excluding hydrogens is 256 g/mol. The largest absolute Gasteiger partial charge is 0.478 e. The highest BCUT2D eigenvalue weighted by molar-refractivity contribution is 5.87. The van der Waals surface area contributed by atoms with Crippen LogP contribution in [0.2, 0.25) is 0 Å². The molecular formula is C15H12N2O3. The van der Waals surface area contributed by atoms with Crippen LogP contribution in [0.5, 0.6) is 0 Å². The van der Waals surface area contributed by atoms with Gasteiger partial charge in [0, 0.05) is 13.1 Å². The van der Waals surface area contributed by atoms with Crippen LogP contribution in [0.4, 0.5) is 0 Å². The Balaban J connectivity index is 2.11. The number of hydrogen-bond acceptors (Lipinski definition) is 3. The maximum absolute atomic E-state index is 10.5. The lowest BCUT2D eigenvalue weighted by atomic mass is 10.2. The van der Waals surface area contributed by atoms with Crippen LogP contribution in [0.3, 0.4) is 0 Å². The number of aromatic nitrogens is 2. The Labute approximate surface area is 114 Å². The van der Waals surface area contributed by atoms with E-state index < -0.39 is 5.97 Å². The zero-order valence-corrected chi connectivity index (χ0v) is 10.8. The van der Waals surface area contributed by atoms with Gasteiger partial charge in [-0.15, -0.1) is 0 Å². The molecule has 0 fully saturated rings. The molecule has 0 aliphatic carbocycles. The predicted octanol–water partition coefficient (Wildman–Crippen LogP) is 2.93. The Bertz CT molecular complexity index is 798. The van der Waals surface area contributed by atoms with E-state index in [1.165, 1.54) is 0 Å². The van der Waals surface area contributed by atoms with Gasteiger partial charge in [0.15, 0.2) is 11.6 Å². The topological polar surface area (TPSA) is 68.3 Å². The number of imidazole rings is 1. The van der Waals surface area contributed by atoms with Crippen LogP contribution in [0.25, 0.3) is 28.7 Å². The fourth-order valence-electron chi connectivity index (χ4n) is 2.10. The van der Waals surface area contributed by atoms with E-state index >= 15 is 0 Å². The third kappa shape index (κ3) is 2.09. The molecule has 0 saturated heterocycles. The number of furan rings is 1. The van der Waals surface area contributed by atoms with E-state index in [2.05, 4.69) is 4.98 Å². The average molecular weight is 268 g/mol. The van der Waals surface area contributed by atoms with E-state index in [-0.39, 0.29) is 0 Å². The summed E-state index contributed by atoms with van der Waals surface area (Å²) in [5.41, 5.74) is 2.57. The van der Waals surface area contributed by atoms with Crippen LogP contribution in [-0.4, -0.2) is 20.6 Å². The third-order valence-electron chi connectivity index (χ3n) is 3.06. The Morgan fingerprint density at radius 3 is 2.95 bits per heavy atom. The average Bonchev–Trinajstić information content (AvgIpc) is 3.05. The maximum atomic E-state index is 10.5. The lowest BCUT2D eigenvalue weighted by Crippen LogP contribution is -1.91. The van der Waals surface area contributed by atoms with Gasteiger partial charge in [0.2, 0.25) is 0 Å². The van der Waals surface area contributed by atoms with Crippen molar-refractivity contribution >= 4 is 23.1 Å². The second kappa shape index (κ2) is 4.70. The van der Waals surface area contributed by atoms with Crippen molar-refractivity contribution in [1.82, 2.24) is 9.55 Å². The summed E-state index contributed by atoms with van der Waals surface area (Å²) in [4.78, 5) is 15.1. The normalized spacial score (nSPS) is 11.4. The number of fused-ring (bicyclic) bond motifs is 1. The van der Waals surface area contributed by atoms with Gasteiger partial charge in [0.05, 0.1) is 17.3 Å². The van der Waals surface area contributed by atoms with Gasteiger partial charge in [-0.2, -0.15) is 0 Å². The molecule has 0 saturated carbocycles. The third-order valence-corrected chi connectivity index (χ3v) is 3.06. The summed E-state index contributed by atoms with van der Waals surface area (Å²) in [5, 5.41) is 8.66. The highest BCUT2D eigenvalue weighted by Gasteiger charge is 2.11. The van der Waals surface area contributed by atoms with Gasteiger partial charge in [-0.05, 0) is 35.9 Å². The lowest BCUT2D eigenvalue weighted by Gasteiger charge is -1.99. The number of benzene rings is 1. The molecule has 0 amide bonds. The summed E-state index contributed by atoms with van der Waals surface area (Å²) in [7, 11) is 1.90. The number of carboxylic acids is 1. The first kappa shape index (κ1) is 12.2. The molecule has 1 N–H and O–H groups in total. The molecule has 100 valence electrons. The minimum atomic E-state index is -0.966. The fourth-order valence-corrected chi connectivity index (χ4v) is 2.10. The van der Waals surface area contributed by atoms with Crippen molar-refractivity contribution in [3.8, 4) is 11.6 Å². The van der Waals surface area contributed by atoms with E-state index in [4.69, 9.17) is 9.52 Å². The van der Waals surface area contributed by atoms with E-state index in [1.807, 2.05) is 41.9 Å². The first-order chi connectivity index (χ1) is 9.65. The quantitative estimate of drug-likeness (QED) is 0.741. The first-order valence-corrected chi connectivity index (χ1v) is 6.06. The van der Waals surface area contributed by atoms with Crippen LogP contribution in [0.15, 0.2) is 47.1 Å². The zero-order chi connectivity index (χ0) is 14.1. The molecule has 0 radical (unpaired) electrons. The van der Waals surface area contributed by atoms with Gasteiger partial charge < -0.3 is 14.1 Å². The van der Waals surface area contributed by atoms with E-state index in [9.17, 15) is 4.79 Å². The van der Waals surface area contributed by atoms with Crippen molar-refractivity contribution in [2.45, 2.75) is 0 Å². The number of carbonyl (C=O) groups is 1. The van der Waals surface area contributed by atoms with Crippen molar-refractivity contribution in [3.63, 3.8) is 0 Å². The minimum absolute atomic E-state index is 0.700. The molecule has 5 heteroatoms. The molecule has 0 unspecified atom stereocenters. The maximum Gasteiger partial charge on any atom is 0.328 e. The van der Waals surface area contributed by atoms with Crippen LogP contribution in [0, 0.1) is 0 Å². The standard InChI is InChI=1S/C15H12N2O3/c1-17-12-9-10(5-7-14(18)19)4-6-11(12)16-15(17)13-3-2-8-20-13/h2-9H,1H3,(H,18,19)/b7-5+. The van der Waals surface area contributed by atoms with Crippen LogP contribution >= 0.6 is 0 Å². The van der Waals surface area contributed by atoms with Gasteiger partial charge in [-0.25, -0.2) is 9.78 Å². The lowest BCUT2D eigenvalue weighted by molar-refractivity contribution is -0.131. The van der Waals surface area contributed by atoms with E-state index in [1.54, 1.807) is 12.3 Å². The van der Waals surface area contributed by atoms with Gasteiger partial charge >= 0.3 is 5.97 Å². The Morgan fingerprint density at radius 2 is 2.25 bits per heavy atom. The summed E-state index contributed by atoms with van der Waals surface area (Å²) in [6.45, 7) is 0. The highest BCUT2D eigenvalue weighted by atomic mass is 16.4. The molecule has 0 bridgehead atoms. The molecule has 2 heterocycles. The highest BCUT2D eigenvalue weighted by Crippen LogP contribution is 2.24. The predicted molar refractivity (Wildman–Crippen MR) is 75.1 cm³/mol. The minimum Gasteiger partial charge on any atom is -0.478 e. The summed E-state index contributed by atoms with van der Waals surface area (Å²) in [6, 6.07) is 9.26. The molecule has 0 atom stereocenters. The SMILES string of the molecule is Cn1c(-c2ccco2)nc2ccc(/C=C/C(=O)O)cc21. The Morgan fingerprint density at radius 1 is 1.40 bits per heavy atom. The van der Waals surface area contributed by atoms with Crippen LogP contribution < -0.4 is 0 Å². The number of aryl methyl sites for hydroxylation is 1. The van der Waals surface area contributed by atoms with Crippen molar-refractivity contribution < 1.29 is 14.3 Å². The smallest absolute Gasteiger partial charge is 0.328 e. The second-order valence-corrected chi connectivity index (χ2v) is 4.39. The molecule has 20 heavy (non-hydrogen) atoms. The number of rotatable bonds is 3. The van der Waals surface area contributed by atoms with Crippen LogP contribution in [0.1, 0.15) is 5.56 Å². The molecule has 0 aliphatic heterocycles. The summed E-state index contributed by atoms with van der Waals surface area (Å²) < 4.78 is 7.29. The van der Waals surface area contributed by atoms with Gasteiger partial charge in [-0.3, -0.25) is 0 Å². The molecule has 0 aliphatic rings. The molecule has 1 aromatic carbocycles. The summed E-state index contributed by atoms with van der Waals surface area (Å²) in [6.07, 6.45) is 4.28.